The minimum Gasteiger partial charge on any atom is -0.379 e. The average Bonchev–Trinajstić information content (AvgIpc) is 2.62. The van der Waals surface area contributed by atoms with Gasteiger partial charge in [-0.1, -0.05) is 4.98 Å². The van der Waals surface area contributed by atoms with Crippen LogP contribution in [0.25, 0.3) is 0 Å². The lowest BCUT2D eigenvalue weighted by atomic mass is 9.26. The van der Waals surface area contributed by atoms with E-state index in [2.05, 4.69) is 21.8 Å². The van der Waals surface area contributed by atoms with Gasteiger partial charge in [0.25, 0.3) is 5.91 Å². The van der Waals surface area contributed by atoms with Gasteiger partial charge in [0.2, 0.25) is 0 Å². The van der Waals surface area contributed by atoms with Crippen LogP contribution < -0.4 is 15.6 Å². The number of aromatic nitrogens is 2. The highest BCUT2D eigenvalue weighted by Gasteiger charge is 2.79. The van der Waals surface area contributed by atoms with E-state index in [1.54, 1.807) is 6.20 Å². The predicted molar refractivity (Wildman–Crippen MR) is 101 cm³/mol. The van der Waals surface area contributed by atoms with Gasteiger partial charge in [-0.2, -0.15) is 0 Å². The molecule has 5 aliphatic rings. The molecule has 5 fully saturated rings. The zero-order valence-corrected chi connectivity index (χ0v) is 16.4. The fourth-order valence-corrected chi connectivity index (χ4v) is 6.46. The van der Waals surface area contributed by atoms with Crippen LogP contribution in [0.2, 0.25) is 0 Å². The smallest absolute Gasteiger partial charge is 0.379 e. The molecule has 0 saturated heterocycles. The monoisotopic (exact) mass is 371 g/mol. The molecule has 1 amide bonds. The summed E-state index contributed by atoms with van der Waals surface area (Å²) < 4.78 is 8.12. The highest BCUT2D eigenvalue weighted by atomic mass is 16.5. The molecule has 1 spiro atoms. The summed E-state index contributed by atoms with van der Waals surface area (Å²) in [6.45, 7) is 4.89. The third-order valence-electron chi connectivity index (χ3n) is 8.04. The molecule has 0 radical (unpaired) electrons. The van der Waals surface area contributed by atoms with E-state index in [0.29, 0.717) is 29.2 Å². The van der Waals surface area contributed by atoms with Crippen LogP contribution in [-0.4, -0.2) is 29.6 Å². The second-order valence-electron chi connectivity index (χ2n) is 9.08. The van der Waals surface area contributed by atoms with E-state index < -0.39 is 0 Å². The standard InChI is InChI=1S/C21H30N4O2/c1-3-27-14-6-4-13(5-7-14)24-20-23-11-16(19(22)26)12(2)25(20)18-15-10-21(18)9-8-17(15)21/h11,13-15,17-18H,3-10H2,1-2H3,(H2,22,26)/p+1. The second kappa shape index (κ2) is 6.16. The summed E-state index contributed by atoms with van der Waals surface area (Å²) in [5, 5.41) is 3.71. The summed E-state index contributed by atoms with van der Waals surface area (Å²) in [6.07, 6.45) is 10.5. The van der Waals surface area contributed by atoms with Crippen molar-refractivity contribution in [1.29, 1.82) is 0 Å². The van der Waals surface area contributed by atoms with Crippen molar-refractivity contribution in [2.45, 2.75) is 77.0 Å². The molecule has 5 aliphatic carbocycles. The third-order valence-corrected chi connectivity index (χ3v) is 8.04. The van der Waals surface area contributed by atoms with Crippen molar-refractivity contribution in [1.82, 2.24) is 4.98 Å². The molecule has 1 heterocycles. The van der Waals surface area contributed by atoms with Gasteiger partial charge in [-0.15, -0.1) is 0 Å². The van der Waals surface area contributed by atoms with Crippen LogP contribution in [-0.2, 0) is 4.74 Å². The van der Waals surface area contributed by atoms with Crippen LogP contribution in [0.3, 0.4) is 0 Å². The quantitative estimate of drug-likeness (QED) is 0.753. The maximum absolute atomic E-state index is 11.9. The van der Waals surface area contributed by atoms with Crippen molar-refractivity contribution in [3.8, 4) is 0 Å². The number of anilines is 1. The first-order valence-electron chi connectivity index (χ1n) is 10.6. The van der Waals surface area contributed by atoms with Gasteiger partial charge in [-0.05, 0) is 70.6 Å². The Morgan fingerprint density at radius 2 is 2.15 bits per heavy atom. The number of carbonyl (C=O) groups excluding carboxylic acids is 1. The van der Waals surface area contributed by atoms with Gasteiger partial charge in [-0.3, -0.25) is 10.1 Å². The molecule has 1 aromatic heterocycles. The lowest BCUT2D eigenvalue weighted by Gasteiger charge is -2.79. The Hall–Kier alpha value is -1.69. The van der Waals surface area contributed by atoms with Gasteiger partial charge in [0.15, 0.2) is 0 Å². The SMILES string of the molecule is CCOC1CCC(Nc2ncc(C(N)=O)c(C)[n+]2C2C3CC24CCC34)CC1. The first-order valence-corrected chi connectivity index (χ1v) is 10.6. The first kappa shape index (κ1) is 17.4. The van der Waals surface area contributed by atoms with Crippen LogP contribution in [0.4, 0.5) is 5.95 Å². The van der Waals surface area contributed by atoms with Crippen molar-refractivity contribution in [2.24, 2.45) is 23.0 Å². The molecule has 146 valence electrons. The van der Waals surface area contributed by atoms with Crippen molar-refractivity contribution in [2.75, 3.05) is 11.9 Å². The van der Waals surface area contributed by atoms with Crippen LogP contribution in [0.15, 0.2) is 6.20 Å². The van der Waals surface area contributed by atoms with Crippen molar-refractivity contribution >= 4 is 11.9 Å². The number of nitrogens with one attached hydrogen (secondary N) is 1. The Kier molecular flexibility index (Phi) is 3.97. The minimum absolute atomic E-state index is 0.381. The van der Waals surface area contributed by atoms with Crippen LogP contribution in [0.1, 0.15) is 74.0 Å². The topological polar surface area (TPSA) is 81.1 Å². The van der Waals surface area contributed by atoms with Gasteiger partial charge < -0.3 is 10.5 Å². The molecule has 5 saturated carbocycles. The molecule has 6 nitrogen and oxygen atoms in total. The number of ether oxygens (including phenoxy) is 1. The van der Waals surface area contributed by atoms with Crippen LogP contribution in [0, 0.1) is 24.2 Å². The molecule has 27 heavy (non-hydrogen) atoms. The van der Waals surface area contributed by atoms with Gasteiger partial charge in [0.1, 0.15) is 11.8 Å². The van der Waals surface area contributed by atoms with E-state index in [-0.39, 0.29) is 5.91 Å². The summed E-state index contributed by atoms with van der Waals surface area (Å²) in [5.74, 6) is 2.23. The van der Waals surface area contributed by atoms with Crippen LogP contribution in [0.5, 0.6) is 0 Å². The molecule has 1 aromatic rings. The number of primary amides is 1. The average molecular weight is 372 g/mol. The normalized spacial score (nSPS) is 38.8. The maximum atomic E-state index is 11.9. The second-order valence-corrected chi connectivity index (χ2v) is 9.08. The van der Waals surface area contributed by atoms with Gasteiger partial charge >= 0.3 is 5.95 Å². The lowest BCUT2D eigenvalue weighted by Crippen LogP contribution is -2.81. The highest BCUT2D eigenvalue weighted by molar-refractivity contribution is 5.93. The molecule has 6 heteroatoms. The van der Waals surface area contributed by atoms with Crippen molar-refractivity contribution in [3.63, 3.8) is 0 Å². The molecular formula is C21H31N4O2+. The molecule has 4 atom stereocenters. The molecule has 4 unspecified atom stereocenters. The van der Waals surface area contributed by atoms with Gasteiger partial charge in [-0.25, -0.2) is 4.57 Å². The summed E-state index contributed by atoms with van der Waals surface area (Å²) in [6, 6.07) is 0.927. The first-order chi connectivity index (χ1) is 13.0. The largest absolute Gasteiger partial charge is 0.392 e. The Morgan fingerprint density at radius 1 is 1.37 bits per heavy atom. The Labute approximate surface area is 160 Å². The molecule has 6 rings (SSSR count). The summed E-state index contributed by atoms with van der Waals surface area (Å²) in [4.78, 5) is 16.6. The van der Waals surface area contributed by atoms with E-state index in [4.69, 9.17) is 10.5 Å². The van der Waals surface area contributed by atoms with Crippen LogP contribution >= 0.6 is 0 Å². The Morgan fingerprint density at radius 3 is 2.67 bits per heavy atom. The van der Waals surface area contributed by atoms with Gasteiger partial charge in [0, 0.05) is 12.0 Å². The maximum Gasteiger partial charge on any atom is 0.392 e. The minimum atomic E-state index is -0.381. The number of hydrogen-bond donors (Lipinski definition) is 2. The fraction of sp³-hybridized carbons (Fsp3) is 0.762. The summed E-state index contributed by atoms with van der Waals surface area (Å²) in [7, 11) is 0. The number of nitrogens with two attached hydrogens (primary N) is 1. The Bertz CT molecular complexity index is 770. The highest BCUT2D eigenvalue weighted by Crippen LogP contribution is 2.82. The molecule has 0 aromatic carbocycles. The van der Waals surface area contributed by atoms with Crippen molar-refractivity contribution in [3.05, 3.63) is 17.5 Å². The summed E-state index contributed by atoms with van der Waals surface area (Å²) >= 11 is 0. The number of amides is 1. The Balaban J connectivity index is 1.40. The lowest BCUT2D eigenvalue weighted by molar-refractivity contribution is -0.788. The molecule has 0 aliphatic heterocycles. The summed E-state index contributed by atoms with van der Waals surface area (Å²) in [5.41, 5.74) is 7.63. The fourth-order valence-electron chi connectivity index (χ4n) is 6.46. The van der Waals surface area contributed by atoms with Gasteiger partial charge in [0.05, 0.1) is 23.9 Å². The van der Waals surface area contributed by atoms with E-state index in [9.17, 15) is 4.79 Å². The van der Waals surface area contributed by atoms with E-state index >= 15 is 0 Å². The molecular weight excluding hydrogens is 340 g/mol. The predicted octanol–water partition coefficient (Wildman–Crippen LogP) is 2.51. The number of hydrogen-bond acceptors (Lipinski definition) is 4. The van der Waals surface area contributed by atoms with Crippen molar-refractivity contribution < 1.29 is 14.1 Å². The van der Waals surface area contributed by atoms with E-state index in [1.807, 2.05) is 6.92 Å². The third kappa shape index (κ3) is 2.38. The zero-order valence-electron chi connectivity index (χ0n) is 16.4. The van der Waals surface area contributed by atoms with E-state index in [1.165, 1.54) is 19.3 Å². The molecule has 3 N–H and O–H groups in total. The zero-order chi connectivity index (χ0) is 18.8. The number of carbonyl (C=O) groups is 1. The number of nitrogens with zero attached hydrogens (tertiary/aromatic N) is 2. The number of rotatable bonds is 6. The van der Waals surface area contributed by atoms with E-state index in [0.717, 1.165) is 55.8 Å². The molecule has 2 bridgehead atoms.